The van der Waals surface area contributed by atoms with Crippen LogP contribution in [0.1, 0.15) is 53.7 Å². The van der Waals surface area contributed by atoms with E-state index < -0.39 is 10.0 Å². The fourth-order valence-electron chi connectivity index (χ4n) is 5.26. The number of nitrogens with one attached hydrogen (secondary N) is 2. The molecule has 2 N–H and O–H groups in total. The van der Waals surface area contributed by atoms with E-state index >= 15 is 0 Å². The lowest BCUT2D eigenvalue weighted by Gasteiger charge is -2.19. The zero-order valence-corrected chi connectivity index (χ0v) is 26.6. The van der Waals surface area contributed by atoms with E-state index in [-0.39, 0.29) is 22.8 Å². The fraction of sp³-hybridized carbons (Fsp3) is 0.273. The first-order valence-corrected chi connectivity index (χ1v) is 16.5. The third kappa shape index (κ3) is 6.32. The Bertz CT molecular complexity index is 2030. The van der Waals surface area contributed by atoms with Crippen LogP contribution in [0.15, 0.2) is 73.2 Å². The highest BCUT2D eigenvalue weighted by Gasteiger charge is 2.40. The largest absolute Gasteiger partial charge is 0.492 e. The van der Waals surface area contributed by atoms with Crippen LogP contribution in [0, 0.1) is 6.92 Å². The minimum Gasteiger partial charge on any atom is -0.492 e. The predicted octanol–water partition coefficient (Wildman–Crippen LogP) is 5.67. The normalized spacial score (nSPS) is 13.8. The maximum Gasteiger partial charge on any atom is 0.255 e. The van der Waals surface area contributed by atoms with E-state index in [0.717, 1.165) is 47.9 Å². The van der Waals surface area contributed by atoms with Gasteiger partial charge < -0.3 is 10.1 Å². The molecule has 2 heterocycles. The van der Waals surface area contributed by atoms with Gasteiger partial charge in [0.15, 0.2) is 5.75 Å². The summed E-state index contributed by atoms with van der Waals surface area (Å²) in [5.41, 5.74) is 7.12. The second-order valence-electron chi connectivity index (χ2n) is 11.7. The lowest BCUT2D eigenvalue weighted by Crippen LogP contribution is -2.17. The van der Waals surface area contributed by atoms with Crippen molar-refractivity contribution in [1.29, 1.82) is 0 Å². The van der Waals surface area contributed by atoms with Gasteiger partial charge in [-0.1, -0.05) is 37.3 Å². The van der Waals surface area contributed by atoms with Crippen LogP contribution in [-0.4, -0.2) is 52.5 Å². The van der Waals surface area contributed by atoms with E-state index in [9.17, 15) is 13.2 Å². The molecule has 1 fully saturated rings. The Balaban J connectivity index is 1.28. The number of aromatic nitrogens is 5. The zero-order valence-electron chi connectivity index (χ0n) is 25.8. The van der Waals surface area contributed by atoms with Gasteiger partial charge in [-0.3, -0.25) is 9.52 Å². The number of carbonyl (C=O) groups is 1. The second-order valence-corrected chi connectivity index (χ2v) is 13.5. The summed E-state index contributed by atoms with van der Waals surface area (Å²) in [6.45, 7) is 6.16. The molecule has 0 saturated heterocycles. The topological polar surface area (TPSA) is 133 Å². The van der Waals surface area contributed by atoms with Crippen LogP contribution >= 0.6 is 0 Å². The molecule has 0 bridgehead atoms. The molecule has 5 aromatic rings. The van der Waals surface area contributed by atoms with Crippen LogP contribution in [0.5, 0.6) is 5.75 Å². The van der Waals surface area contributed by atoms with Crippen molar-refractivity contribution in [3.8, 4) is 28.4 Å². The highest BCUT2D eigenvalue weighted by molar-refractivity contribution is 7.92. The Morgan fingerprint density at radius 3 is 2.53 bits per heavy atom. The lowest BCUT2D eigenvalue weighted by molar-refractivity contribution is 0.102. The van der Waals surface area contributed by atoms with Gasteiger partial charge in [-0.2, -0.15) is 5.10 Å². The standard InChI is InChI=1S/C33H35N7O4S/c1-6-22-8-7-9-26(14-22)39-19-24(18-34-39)29-20-40(38-36-29)30-15-23(11-10-21(30)2)32(41)35-27-16-25(33(3)12-13-33)17-28(31(27)44-4)37-45(5,42)43/h7-11,14-20,37H,6,12-13H2,1-5H3,(H,35,41). The average molecular weight is 626 g/mol. The van der Waals surface area contributed by atoms with Gasteiger partial charge in [0.1, 0.15) is 5.69 Å². The Morgan fingerprint density at radius 2 is 1.82 bits per heavy atom. The SMILES string of the molecule is CCc1cccc(-n2cc(-c3cn(-c4cc(C(=O)Nc5cc(C6(C)CC6)cc(NS(C)(=O)=O)c5OC)ccc4C)nn3)cn2)c1. The minimum absolute atomic E-state index is 0.0858. The fourth-order valence-corrected chi connectivity index (χ4v) is 5.81. The molecule has 3 aromatic carbocycles. The number of sulfonamides is 1. The number of rotatable bonds is 10. The highest BCUT2D eigenvalue weighted by atomic mass is 32.2. The van der Waals surface area contributed by atoms with E-state index in [0.29, 0.717) is 22.6 Å². The Morgan fingerprint density at radius 1 is 1.04 bits per heavy atom. The highest BCUT2D eigenvalue weighted by Crippen LogP contribution is 2.50. The molecule has 232 valence electrons. The summed E-state index contributed by atoms with van der Waals surface area (Å²) in [6.07, 6.45) is 9.43. The van der Waals surface area contributed by atoms with Crippen molar-refractivity contribution in [3.63, 3.8) is 0 Å². The minimum atomic E-state index is -3.59. The van der Waals surface area contributed by atoms with Crippen LogP contribution in [0.25, 0.3) is 22.6 Å². The second kappa shape index (κ2) is 11.5. The molecule has 1 saturated carbocycles. The van der Waals surface area contributed by atoms with E-state index in [1.807, 2.05) is 42.1 Å². The van der Waals surface area contributed by atoms with Gasteiger partial charge in [0, 0.05) is 17.3 Å². The first-order valence-electron chi connectivity index (χ1n) is 14.7. The zero-order chi connectivity index (χ0) is 31.9. The molecular weight excluding hydrogens is 590 g/mol. The average Bonchev–Trinajstić information content (AvgIpc) is 3.36. The summed E-state index contributed by atoms with van der Waals surface area (Å²) in [5, 5.41) is 16.2. The maximum absolute atomic E-state index is 13.6. The van der Waals surface area contributed by atoms with Gasteiger partial charge in [0.2, 0.25) is 10.0 Å². The van der Waals surface area contributed by atoms with Crippen LogP contribution in [-0.2, 0) is 21.9 Å². The molecule has 0 unspecified atom stereocenters. The number of amides is 1. The van der Waals surface area contributed by atoms with Gasteiger partial charge >= 0.3 is 0 Å². The van der Waals surface area contributed by atoms with E-state index in [1.54, 1.807) is 35.3 Å². The van der Waals surface area contributed by atoms with Crippen molar-refractivity contribution in [2.75, 3.05) is 23.4 Å². The van der Waals surface area contributed by atoms with E-state index in [2.05, 4.69) is 51.4 Å². The van der Waals surface area contributed by atoms with Gasteiger partial charge in [0.25, 0.3) is 5.91 Å². The Hall–Kier alpha value is -4.97. The number of hydrogen-bond acceptors (Lipinski definition) is 7. The molecule has 1 aliphatic carbocycles. The van der Waals surface area contributed by atoms with Gasteiger partial charge in [-0.05, 0) is 84.7 Å². The summed E-state index contributed by atoms with van der Waals surface area (Å²) in [6, 6.07) is 17.2. The Labute approximate surface area is 262 Å². The number of ether oxygens (including phenoxy) is 1. The molecule has 0 aliphatic heterocycles. The van der Waals surface area contributed by atoms with E-state index in [4.69, 9.17) is 4.74 Å². The van der Waals surface area contributed by atoms with Crippen molar-refractivity contribution in [3.05, 3.63) is 95.4 Å². The van der Waals surface area contributed by atoms with Crippen LogP contribution in [0.2, 0.25) is 0 Å². The smallest absolute Gasteiger partial charge is 0.255 e. The third-order valence-corrected chi connectivity index (χ3v) is 8.80. The molecule has 2 aromatic heterocycles. The summed E-state index contributed by atoms with van der Waals surface area (Å²) in [4.78, 5) is 13.6. The van der Waals surface area contributed by atoms with Crippen molar-refractivity contribution in [2.24, 2.45) is 0 Å². The number of methoxy groups -OCH3 is 1. The summed E-state index contributed by atoms with van der Waals surface area (Å²) < 4.78 is 35.8. The number of hydrogen-bond donors (Lipinski definition) is 2. The van der Waals surface area contributed by atoms with Gasteiger partial charge in [0.05, 0.1) is 48.5 Å². The summed E-state index contributed by atoms with van der Waals surface area (Å²) >= 11 is 0. The summed E-state index contributed by atoms with van der Waals surface area (Å²) in [7, 11) is -2.15. The molecule has 0 radical (unpaired) electrons. The molecule has 6 rings (SSSR count). The molecule has 0 atom stereocenters. The summed E-state index contributed by atoms with van der Waals surface area (Å²) in [5.74, 6) is -0.147. The van der Waals surface area contributed by atoms with Crippen LogP contribution in [0.3, 0.4) is 0 Å². The maximum atomic E-state index is 13.6. The van der Waals surface area contributed by atoms with Crippen molar-refractivity contribution in [2.45, 2.75) is 45.4 Å². The van der Waals surface area contributed by atoms with Crippen LogP contribution in [0.4, 0.5) is 11.4 Å². The van der Waals surface area contributed by atoms with Crippen molar-refractivity contribution >= 4 is 27.3 Å². The first-order chi connectivity index (χ1) is 21.5. The molecule has 0 spiro atoms. The molecule has 11 nitrogen and oxygen atoms in total. The molecular formula is C33H35N7O4S. The van der Waals surface area contributed by atoms with Crippen LogP contribution < -0.4 is 14.8 Å². The lowest BCUT2D eigenvalue weighted by atomic mass is 9.96. The monoisotopic (exact) mass is 625 g/mol. The molecule has 12 heteroatoms. The molecule has 45 heavy (non-hydrogen) atoms. The number of carbonyl (C=O) groups excluding carboxylic acids is 1. The van der Waals surface area contributed by atoms with Crippen molar-refractivity contribution < 1.29 is 17.9 Å². The quantitative estimate of drug-likeness (QED) is 0.204. The number of benzene rings is 3. The number of anilines is 2. The predicted molar refractivity (Wildman–Crippen MR) is 174 cm³/mol. The first kappa shape index (κ1) is 30.1. The Kier molecular flexibility index (Phi) is 7.69. The van der Waals surface area contributed by atoms with Crippen molar-refractivity contribution in [1.82, 2.24) is 24.8 Å². The third-order valence-electron chi connectivity index (χ3n) is 8.21. The van der Waals surface area contributed by atoms with Gasteiger partial charge in [-0.15, -0.1) is 5.10 Å². The molecule has 1 amide bonds. The molecule has 1 aliphatic rings. The number of aryl methyl sites for hydroxylation is 2. The van der Waals surface area contributed by atoms with Gasteiger partial charge in [-0.25, -0.2) is 17.8 Å². The van der Waals surface area contributed by atoms with E-state index in [1.165, 1.54) is 12.7 Å². The number of nitrogens with zero attached hydrogens (tertiary/aromatic N) is 5.